The molecule has 1 amide bonds. The van der Waals surface area contributed by atoms with Crippen molar-refractivity contribution in [2.75, 3.05) is 26.1 Å². The largest absolute Gasteiger partial charge is 0.448 e. The lowest BCUT2D eigenvalue weighted by atomic mass is 10.7. The number of ether oxygens (including phenoxy) is 1. The van der Waals surface area contributed by atoms with E-state index in [1.54, 1.807) is 7.05 Å². The highest BCUT2D eigenvalue weighted by Crippen LogP contribution is 1.89. The summed E-state index contributed by atoms with van der Waals surface area (Å²) in [6, 6.07) is 0. The molecule has 0 aliphatic carbocycles. The molecule has 0 saturated carbocycles. The Morgan fingerprint density at radius 2 is 2.30 bits per heavy atom. The second-order valence-electron chi connectivity index (χ2n) is 1.82. The molecule has 0 rings (SSSR count). The minimum Gasteiger partial charge on any atom is -0.448 e. The van der Waals surface area contributed by atoms with Crippen LogP contribution in [0.1, 0.15) is 6.92 Å². The number of hydrogen-bond acceptors (Lipinski definition) is 2. The van der Waals surface area contributed by atoms with Crippen LogP contribution < -0.4 is 0 Å². The van der Waals surface area contributed by atoms with Gasteiger partial charge in [-0.15, -0.1) is 11.6 Å². The minimum atomic E-state index is -0.317. The van der Waals surface area contributed by atoms with Crippen molar-refractivity contribution in [1.82, 2.24) is 4.90 Å². The molecule has 0 aliphatic rings. The van der Waals surface area contributed by atoms with Crippen molar-refractivity contribution in [3.05, 3.63) is 0 Å². The Balaban J connectivity index is 3.42. The molecule has 60 valence electrons. The molecule has 0 unspecified atom stereocenters. The smallest absolute Gasteiger partial charge is 0.409 e. The zero-order valence-electron chi connectivity index (χ0n) is 6.26. The van der Waals surface area contributed by atoms with Gasteiger partial charge in [0.25, 0.3) is 0 Å². The lowest BCUT2D eigenvalue weighted by Gasteiger charge is -2.13. The molecular formula is C6H12ClNO2. The van der Waals surface area contributed by atoms with Gasteiger partial charge in [-0.3, -0.25) is 0 Å². The van der Waals surface area contributed by atoms with Gasteiger partial charge in [0, 0.05) is 13.6 Å². The highest BCUT2D eigenvalue weighted by atomic mass is 35.5. The van der Waals surface area contributed by atoms with Crippen LogP contribution in [0.2, 0.25) is 0 Å². The number of amides is 1. The fourth-order valence-corrected chi connectivity index (χ4v) is 0.442. The summed E-state index contributed by atoms with van der Waals surface area (Å²) in [5, 5.41) is 0. The van der Waals surface area contributed by atoms with E-state index in [1.807, 2.05) is 6.92 Å². The van der Waals surface area contributed by atoms with Crippen molar-refractivity contribution >= 4 is 17.7 Å². The molecule has 3 nitrogen and oxygen atoms in total. The molecule has 4 heteroatoms. The third kappa shape index (κ3) is 3.56. The fourth-order valence-electron chi connectivity index (χ4n) is 0.365. The maximum Gasteiger partial charge on any atom is 0.409 e. The summed E-state index contributed by atoms with van der Waals surface area (Å²) in [6.07, 6.45) is -0.317. The van der Waals surface area contributed by atoms with E-state index in [-0.39, 0.29) is 12.7 Å². The number of hydrogen-bond donors (Lipinski definition) is 0. The number of carbonyl (C=O) groups excluding carboxylic acids is 1. The van der Waals surface area contributed by atoms with E-state index in [1.165, 1.54) is 4.90 Å². The molecule has 0 aromatic carbocycles. The van der Waals surface area contributed by atoms with Crippen LogP contribution in [-0.4, -0.2) is 37.1 Å². The number of rotatable bonds is 3. The highest BCUT2D eigenvalue weighted by Gasteiger charge is 2.05. The molecule has 0 N–H and O–H groups in total. The van der Waals surface area contributed by atoms with Crippen LogP contribution in [-0.2, 0) is 4.74 Å². The van der Waals surface area contributed by atoms with Crippen LogP contribution in [0.4, 0.5) is 4.79 Å². The predicted octanol–water partition coefficient (Wildman–Crippen LogP) is 1.31. The first-order valence-corrected chi connectivity index (χ1v) is 3.69. The fraction of sp³-hybridized carbons (Fsp3) is 0.833. The van der Waals surface area contributed by atoms with Crippen LogP contribution >= 0.6 is 11.6 Å². The maximum absolute atomic E-state index is 10.8. The second-order valence-corrected chi connectivity index (χ2v) is 2.20. The molecular weight excluding hydrogens is 154 g/mol. The van der Waals surface area contributed by atoms with Gasteiger partial charge >= 0.3 is 6.09 Å². The van der Waals surface area contributed by atoms with Crippen molar-refractivity contribution < 1.29 is 9.53 Å². The quantitative estimate of drug-likeness (QED) is 0.591. The molecule has 10 heavy (non-hydrogen) atoms. The second kappa shape index (κ2) is 5.35. The Kier molecular flexibility index (Phi) is 5.12. The molecule has 0 saturated heterocycles. The van der Waals surface area contributed by atoms with E-state index in [4.69, 9.17) is 16.3 Å². The van der Waals surface area contributed by atoms with Crippen molar-refractivity contribution in [3.63, 3.8) is 0 Å². The summed E-state index contributed by atoms with van der Waals surface area (Å²) in [6.45, 7) is 2.81. The van der Waals surface area contributed by atoms with Gasteiger partial charge in [0.1, 0.15) is 6.61 Å². The summed E-state index contributed by atoms with van der Waals surface area (Å²) >= 11 is 5.30. The first-order valence-electron chi connectivity index (χ1n) is 3.16. The zero-order valence-corrected chi connectivity index (χ0v) is 7.02. The van der Waals surface area contributed by atoms with Crippen molar-refractivity contribution in [2.24, 2.45) is 0 Å². The first kappa shape index (κ1) is 9.56. The van der Waals surface area contributed by atoms with Crippen LogP contribution in [0, 0.1) is 0 Å². The molecule has 0 radical (unpaired) electrons. The summed E-state index contributed by atoms with van der Waals surface area (Å²) in [5.74, 6) is 0.350. The molecule has 0 aromatic heterocycles. The summed E-state index contributed by atoms with van der Waals surface area (Å²) in [4.78, 5) is 12.3. The average molecular weight is 166 g/mol. The van der Waals surface area contributed by atoms with Gasteiger partial charge in [-0.25, -0.2) is 4.79 Å². The Labute approximate surface area is 65.9 Å². The Morgan fingerprint density at radius 1 is 1.70 bits per heavy atom. The standard InChI is InChI=1S/C6H12ClNO2/c1-3-8(2)6(9)10-5-4-7/h3-5H2,1-2H3. The Hall–Kier alpha value is -0.440. The van der Waals surface area contributed by atoms with E-state index in [9.17, 15) is 4.79 Å². The predicted molar refractivity (Wildman–Crippen MR) is 40.4 cm³/mol. The van der Waals surface area contributed by atoms with Gasteiger partial charge in [-0.05, 0) is 6.92 Å². The van der Waals surface area contributed by atoms with Gasteiger partial charge in [0.2, 0.25) is 0 Å². The van der Waals surface area contributed by atoms with E-state index >= 15 is 0 Å². The number of carbonyl (C=O) groups is 1. The lowest BCUT2D eigenvalue weighted by Crippen LogP contribution is -2.27. The minimum absolute atomic E-state index is 0.282. The van der Waals surface area contributed by atoms with E-state index in [0.29, 0.717) is 12.4 Å². The number of alkyl halides is 1. The number of halogens is 1. The first-order chi connectivity index (χ1) is 4.72. The molecule has 0 spiro atoms. The summed E-state index contributed by atoms with van der Waals surface area (Å²) in [7, 11) is 1.68. The molecule has 0 bridgehead atoms. The van der Waals surface area contributed by atoms with Crippen LogP contribution in [0.5, 0.6) is 0 Å². The van der Waals surface area contributed by atoms with Crippen LogP contribution in [0.15, 0.2) is 0 Å². The Morgan fingerprint density at radius 3 is 2.70 bits per heavy atom. The molecule has 0 fully saturated rings. The van der Waals surface area contributed by atoms with Gasteiger partial charge in [-0.1, -0.05) is 0 Å². The molecule has 0 aromatic rings. The maximum atomic E-state index is 10.8. The van der Waals surface area contributed by atoms with E-state index in [2.05, 4.69) is 0 Å². The van der Waals surface area contributed by atoms with E-state index < -0.39 is 0 Å². The molecule has 0 heterocycles. The molecule has 0 aliphatic heterocycles. The SMILES string of the molecule is CCN(C)C(=O)OCCCl. The number of nitrogens with zero attached hydrogens (tertiary/aromatic N) is 1. The van der Waals surface area contributed by atoms with Gasteiger partial charge < -0.3 is 9.64 Å². The van der Waals surface area contributed by atoms with Gasteiger partial charge in [0.05, 0.1) is 5.88 Å². The summed E-state index contributed by atoms with van der Waals surface area (Å²) in [5.41, 5.74) is 0. The van der Waals surface area contributed by atoms with Crippen LogP contribution in [0.25, 0.3) is 0 Å². The third-order valence-corrected chi connectivity index (χ3v) is 1.24. The van der Waals surface area contributed by atoms with Crippen LogP contribution in [0.3, 0.4) is 0 Å². The molecule has 0 atom stereocenters. The Bertz CT molecular complexity index is 108. The lowest BCUT2D eigenvalue weighted by molar-refractivity contribution is 0.118. The monoisotopic (exact) mass is 165 g/mol. The van der Waals surface area contributed by atoms with Crippen molar-refractivity contribution in [1.29, 1.82) is 0 Å². The zero-order chi connectivity index (χ0) is 7.98. The van der Waals surface area contributed by atoms with E-state index in [0.717, 1.165) is 0 Å². The average Bonchev–Trinajstić information content (AvgIpc) is 1.98. The van der Waals surface area contributed by atoms with Gasteiger partial charge in [-0.2, -0.15) is 0 Å². The topological polar surface area (TPSA) is 29.5 Å². The normalized spacial score (nSPS) is 9.10. The van der Waals surface area contributed by atoms with Crippen molar-refractivity contribution in [3.8, 4) is 0 Å². The highest BCUT2D eigenvalue weighted by molar-refractivity contribution is 6.18. The summed E-state index contributed by atoms with van der Waals surface area (Å²) < 4.78 is 4.70. The van der Waals surface area contributed by atoms with Gasteiger partial charge in [0.15, 0.2) is 0 Å². The van der Waals surface area contributed by atoms with Crippen molar-refractivity contribution in [2.45, 2.75) is 6.92 Å². The third-order valence-electron chi connectivity index (χ3n) is 1.09.